The van der Waals surface area contributed by atoms with Gasteiger partial charge in [-0.05, 0) is 93.4 Å². The molecule has 1 atom stereocenters. The Kier molecular flexibility index (Phi) is 7.09. The van der Waals surface area contributed by atoms with E-state index in [-0.39, 0.29) is 11.8 Å². The number of nitrogens with zero attached hydrogens (tertiary/aromatic N) is 2. The first-order chi connectivity index (χ1) is 19.4. The van der Waals surface area contributed by atoms with Crippen LogP contribution in [0.15, 0.2) is 66.7 Å². The predicted octanol–water partition coefficient (Wildman–Crippen LogP) is 5.80. The number of hydrogen-bond acceptors (Lipinski definition) is 6. The molecule has 8 heteroatoms. The fourth-order valence-corrected chi connectivity index (χ4v) is 5.25. The molecule has 1 fully saturated rings. The molecule has 0 saturated carbocycles. The topological polar surface area (TPSA) is 92.8 Å². The molecule has 8 nitrogen and oxygen atoms in total. The molecule has 2 N–H and O–H groups in total. The average molecular weight is 537 g/mol. The molecule has 1 unspecified atom stereocenters. The second-order valence-corrected chi connectivity index (χ2v) is 10.5. The zero-order chi connectivity index (χ0) is 27.6. The highest BCUT2D eigenvalue weighted by atomic mass is 16.6. The minimum atomic E-state index is -0.279. The maximum Gasteiger partial charge on any atom is 0.255 e. The van der Waals surface area contributed by atoms with Crippen LogP contribution < -0.4 is 20.1 Å². The van der Waals surface area contributed by atoms with E-state index in [0.717, 1.165) is 35.2 Å². The molecule has 40 heavy (non-hydrogen) atoms. The third-order valence-electron chi connectivity index (χ3n) is 7.61. The molecule has 2 aliphatic rings. The van der Waals surface area contributed by atoms with E-state index in [1.165, 1.54) is 12.8 Å². The number of hydrogen-bond donors (Lipinski definition) is 2. The summed E-state index contributed by atoms with van der Waals surface area (Å²) < 4.78 is 11.1. The highest BCUT2D eigenvalue weighted by molar-refractivity contribution is 6.08. The molecular weight excluding hydrogens is 504 g/mol. The summed E-state index contributed by atoms with van der Waals surface area (Å²) in [6, 6.07) is 20.8. The van der Waals surface area contributed by atoms with Gasteiger partial charge in [-0.15, -0.1) is 0 Å². The van der Waals surface area contributed by atoms with E-state index in [4.69, 9.17) is 14.5 Å². The van der Waals surface area contributed by atoms with Gasteiger partial charge in [0.15, 0.2) is 11.5 Å². The largest absolute Gasteiger partial charge is 0.486 e. The van der Waals surface area contributed by atoms with Gasteiger partial charge >= 0.3 is 0 Å². The number of pyridine rings is 1. The number of aromatic nitrogens is 1. The van der Waals surface area contributed by atoms with Crippen LogP contribution in [0, 0.1) is 6.92 Å². The molecule has 0 spiro atoms. The molecule has 4 aromatic rings. The molecule has 3 heterocycles. The normalized spacial score (nSPS) is 16.6. The second-order valence-electron chi connectivity index (χ2n) is 10.5. The van der Waals surface area contributed by atoms with Crippen molar-refractivity contribution >= 4 is 34.1 Å². The number of benzene rings is 3. The van der Waals surface area contributed by atoms with Crippen LogP contribution in [0.2, 0.25) is 0 Å². The summed E-state index contributed by atoms with van der Waals surface area (Å²) in [6.07, 6.45) is 2.47. The number of likely N-dealkylation sites (tertiary alicyclic amines) is 1. The summed E-state index contributed by atoms with van der Waals surface area (Å²) in [7, 11) is 0. The van der Waals surface area contributed by atoms with Gasteiger partial charge in [0.25, 0.3) is 11.8 Å². The number of amides is 2. The van der Waals surface area contributed by atoms with Crippen LogP contribution in [-0.4, -0.2) is 47.5 Å². The summed E-state index contributed by atoms with van der Waals surface area (Å²) in [6.45, 7) is 7.08. The predicted molar refractivity (Wildman–Crippen MR) is 155 cm³/mol. The Bertz CT molecular complexity index is 1600. The summed E-state index contributed by atoms with van der Waals surface area (Å²) in [5.41, 5.74) is 5.00. The number of rotatable bonds is 6. The van der Waals surface area contributed by atoms with Crippen LogP contribution in [-0.2, 0) is 6.54 Å². The van der Waals surface area contributed by atoms with E-state index >= 15 is 0 Å². The van der Waals surface area contributed by atoms with Crippen molar-refractivity contribution in [2.24, 2.45) is 0 Å². The fourth-order valence-electron chi connectivity index (χ4n) is 5.25. The number of fused-ring (bicyclic) bond motifs is 2. The number of aryl methyl sites for hydroxylation is 1. The molecule has 1 saturated heterocycles. The average Bonchev–Trinajstić information content (AvgIpc) is 3.37. The molecule has 6 rings (SSSR count). The lowest BCUT2D eigenvalue weighted by atomic mass is 10.1. The van der Waals surface area contributed by atoms with Crippen LogP contribution in [0.3, 0.4) is 0 Å². The van der Waals surface area contributed by atoms with Gasteiger partial charge in [0.05, 0.1) is 11.2 Å². The highest BCUT2D eigenvalue weighted by Crippen LogP contribution is 2.31. The van der Waals surface area contributed by atoms with Crippen molar-refractivity contribution < 1.29 is 19.1 Å². The van der Waals surface area contributed by atoms with Crippen LogP contribution in [0.25, 0.3) is 10.9 Å². The maximum absolute atomic E-state index is 13.2. The van der Waals surface area contributed by atoms with Crippen molar-refractivity contribution in [3.8, 4) is 11.5 Å². The van der Waals surface area contributed by atoms with E-state index in [9.17, 15) is 9.59 Å². The van der Waals surface area contributed by atoms with Crippen LogP contribution in [0.1, 0.15) is 51.7 Å². The third-order valence-corrected chi connectivity index (χ3v) is 7.61. The molecule has 0 aliphatic carbocycles. The van der Waals surface area contributed by atoms with Gasteiger partial charge in [0, 0.05) is 40.5 Å². The van der Waals surface area contributed by atoms with Gasteiger partial charge in [-0.25, -0.2) is 0 Å². The second kappa shape index (κ2) is 11.0. The van der Waals surface area contributed by atoms with E-state index < -0.39 is 0 Å². The Labute approximate surface area is 233 Å². The Balaban J connectivity index is 1.14. The number of nitrogens with one attached hydrogen (secondary N) is 2. The van der Waals surface area contributed by atoms with Gasteiger partial charge in [0.2, 0.25) is 0 Å². The summed E-state index contributed by atoms with van der Waals surface area (Å²) in [5.74, 6) is 0.678. The van der Waals surface area contributed by atoms with Crippen LogP contribution in [0.5, 0.6) is 11.5 Å². The van der Waals surface area contributed by atoms with Gasteiger partial charge in [-0.1, -0.05) is 12.1 Å². The molecule has 2 amide bonds. The first kappa shape index (κ1) is 25.8. The van der Waals surface area contributed by atoms with Crippen molar-refractivity contribution in [1.82, 2.24) is 9.88 Å². The molecule has 0 bridgehead atoms. The summed E-state index contributed by atoms with van der Waals surface area (Å²) in [5, 5.41) is 6.82. The lowest BCUT2D eigenvalue weighted by molar-refractivity contribution is 0.101. The first-order valence-electron chi connectivity index (χ1n) is 13.7. The first-order valence-corrected chi connectivity index (χ1v) is 13.7. The summed E-state index contributed by atoms with van der Waals surface area (Å²) >= 11 is 0. The molecular formula is C32H32N4O4. The van der Waals surface area contributed by atoms with Gasteiger partial charge in [-0.3, -0.25) is 19.5 Å². The Hall–Kier alpha value is -4.43. The van der Waals surface area contributed by atoms with E-state index in [1.54, 1.807) is 30.3 Å². The number of carbonyl (C=O) groups excluding carboxylic acids is 2. The van der Waals surface area contributed by atoms with Gasteiger partial charge in [0.1, 0.15) is 13.2 Å². The number of carbonyl (C=O) groups is 2. The minimum Gasteiger partial charge on any atom is -0.486 e. The molecule has 0 radical (unpaired) electrons. The smallest absolute Gasteiger partial charge is 0.255 e. The Morgan fingerprint density at radius 2 is 1.68 bits per heavy atom. The quantitative estimate of drug-likeness (QED) is 0.323. The monoisotopic (exact) mass is 536 g/mol. The van der Waals surface area contributed by atoms with Crippen LogP contribution in [0.4, 0.5) is 11.4 Å². The van der Waals surface area contributed by atoms with Crippen molar-refractivity contribution in [1.29, 1.82) is 0 Å². The van der Waals surface area contributed by atoms with Crippen molar-refractivity contribution in [2.75, 3.05) is 30.4 Å². The fraction of sp³-hybridized carbons (Fsp3) is 0.281. The minimum absolute atomic E-state index is 0.227. The lowest BCUT2D eigenvalue weighted by Crippen LogP contribution is -2.26. The third kappa shape index (κ3) is 5.49. The zero-order valence-electron chi connectivity index (χ0n) is 22.7. The Morgan fingerprint density at radius 3 is 2.50 bits per heavy atom. The zero-order valence-corrected chi connectivity index (χ0v) is 22.7. The van der Waals surface area contributed by atoms with Crippen molar-refractivity contribution in [3.63, 3.8) is 0 Å². The van der Waals surface area contributed by atoms with E-state index in [1.807, 2.05) is 43.3 Å². The van der Waals surface area contributed by atoms with Gasteiger partial charge < -0.3 is 20.1 Å². The molecule has 204 valence electrons. The number of ether oxygens (including phenoxy) is 2. The van der Waals surface area contributed by atoms with Crippen LogP contribution >= 0.6 is 0 Å². The Morgan fingerprint density at radius 1 is 0.900 bits per heavy atom. The van der Waals surface area contributed by atoms with Crippen molar-refractivity contribution in [3.05, 3.63) is 89.1 Å². The summed E-state index contributed by atoms with van der Waals surface area (Å²) in [4.78, 5) is 33.4. The molecule has 3 aromatic carbocycles. The molecule has 1 aromatic heterocycles. The van der Waals surface area contributed by atoms with Gasteiger partial charge in [-0.2, -0.15) is 0 Å². The van der Waals surface area contributed by atoms with E-state index in [2.05, 4.69) is 22.5 Å². The van der Waals surface area contributed by atoms with E-state index in [0.29, 0.717) is 53.3 Å². The molecule has 2 aliphatic heterocycles. The lowest BCUT2D eigenvalue weighted by Gasteiger charge is -2.20. The van der Waals surface area contributed by atoms with Crippen molar-refractivity contribution in [2.45, 2.75) is 39.3 Å². The number of anilines is 2. The maximum atomic E-state index is 13.2. The standard InChI is InChI=1S/C32H32N4O4/c1-20-5-9-25(34-31(37)24-8-12-29-30(17-24)40-15-14-39-29)18-28(20)35-32(38)23-7-11-27-22(16-23)6-10-26(33-27)19-36-13-3-4-21(36)2/h5-12,16-18,21H,3-4,13-15,19H2,1-2H3,(H,34,37)(H,35,38). The SMILES string of the molecule is Cc1ccc(NC(=O)c2ccc3c(c2)OCCO3)cc1NC(=O)c1ccc2nc(CN3CCCC3C)ccc2c1. The highest BCUT2D eigenvalue weighted by Gasteiger charge is 2.21.